The quantitative estimate of drug-likeness (QED) is 0.722. The molecule has 16 heavy (non-hydrogen) atoms. The highest BCUT2D eigenvalue weighted by Crippen LogP contribution is 2.33. The van der Waals surface area contributed by atoms with Gasteiger partial charge in [-0.15, -0.1) is 0 Å². The van der Waals surface area contributed by atoms with Crippen LogP contribution in [0.4, 0.5) is 0 Å². The predicted molar refractivity (Wildman–Crippen MR) is 67.0 cm³/mol. The van der Waals surface area contributed by atoms with Crippen molar-refractivity contribution in [2.24, 2.45) is 17.1 Å². The first-order chi connectivity index (χ1) is 7.48. The van der Waals surface area contributed by atoms with Crippen molar-refractivity contribution >= 4 is 5.91 Å². The van der Waals surface area contributed by atoms with E-state index in [4.69, 9.17) is 5.73 Å². The number of rotatable bonds is 7. The smallest absolute Gasteiger partial charge is 0.222 e. The largest absolute Gasteiger partial charge is 0.342 e. The summed E-state index contributed by atoms with van der Waals surface area (Å²) in [6.45, 7) is 8.66. The minimum absolute atomic E-state index is 0.0361. The molecule has 0 aliphatic heterocycles. The molecule has 1 rings (SSSR count). The molecule has 0 radical (unpaired) electrons. The summed E-state index contributed by atoms with van der Waals surface area (Å²) >= 11 is 0. The minimum Gasteiger partial charge on any atom is -0.342 e. The van der Waals surface area contributed by atoms with Gasteiger partial charge in [-0.05, 0) is 37.1 Å². The van der Waals surface area contributed by atoms with Gasteiger partial charge in [0.2, 0.25) is 5.91 Å². The van der Waals surface area contributed by atoms with Crippen LogP contribution in [-0.4, -0.2) is 30.4 Å². The lowest BCUT2D eigenvalue weighted by Crippen LogP contribution is -2.42. The average molecular weight is 226 g/mol. The fraction of sp³-hybridized carbons (Fsp3) is 0.923. The minimum atomic E-state index is 0.0361. The monoisotopic (exact) mass is 226 g/mol. The molecular formula is C13H26N2O. The van der Waals surface area contributed by atoms with Gasteiger partial charge in [0, 0.05) is 19.5 Å². The Kier molecular flexibility index (Phi) is 4.78. The number of nitrogens with zero attached hydrogens (tertiary/aromatic N) is 1. The summed E-state index contributed by atoms with van der Waals surface area (Å²) in [6.07, 6.45) is 4.26. The summed E-state index contributed by atoms with van der Waals surface area (Å²) in [7, 11) is 0. The van der Waals surface area contributed by atoms with Crippen molar-refractivity contribution in [2.45, 2.75) is 46.5 Å². The van der Waals surface area contributed by atoms with Gasteiger partial charge < -0.3 is 10.6 Å². The van der Waals surface area contributed by atoms with Crippen LogP contribution >= 0.6 is 0 Å². The SMILES string of the molecule is CCCN(CC(C)(C)CN)C(=O)CC1CC1. The van der Waals surface area contributed by atoms with Crippen molar-refractivity contribution in [2.75, 3.05) is 19.6 Å². The lowest BCUT2D eigenvalue weighted by molar-refractivity contribution is -0.133. The van der Waals surface area contributed by atoms with Crippen molar-refractivity contribution in [1.82, 2.24) is 4.90 Å². The zero-order valence-corrected chi connectivity index (χ0v) is 11.0. The van der Waals surface area contributed by atoms with Crippen LogP contribution in [0.5, 0.6) is 0 Å². The number of hydrogen-bond donors (Lipinski definition) is 1. The molecule has 0 atom stereocenters. The third-order valence-electron chi connectivity index (χ3n) is 3.18. The van der Waals surface area contributed by atoms with Crippen LogP contribution in [0, 0.1) is 11.3 Å². The van der Waals surface area contributed by atoms with E-state index < -0.39 is 0 Å². The van der Waals surface area contributed by atoms with Gasteiger partial charge in [-0.3, -0.25) is 4.79 Å². The van der Waals surface area contributed by atoms with E-state index in [1.165, 1.54) is 12.8 Å². The van der Waals surface area contributed by atoms with Gasteiger partial charge in [-0.2, -0.15) is 0 Å². The first-order valence-corrected chi connectivity index (χ1v) is 6.46. The topological polar surface area (TPSA) is 46.3 Å². The highest BCUT2D eigenvalue weighted by Gasteiger charge is 2.29. The van der Waals surface area contributed by atoms with E-state index in [9.17, 15) is 4.79 Å². The Labute approximate surface area is 99.4 Å². The van der Waals surface area contributed by atoms with Crippen LogP contribution in [-0.2, 0) is 4.79 Å². The number of nitrogens with two attached hydrogens (primary N) is 1. The maximum absolute atomic E-state index is 12.1. The second kappa shape index (κ2) is 5.67. The molecule has 1 aliphatic carbocycles. The van der Waals surface area contributed by atoms with Gasteiger partial charge >= 0.3 is 0 Å². The number of amides is 1. The van der Waals surface area contributed by atoms with E-state index >= 15 is 0 Å². The third-order valence-corrected chi connectivity index (χ3v) is 3.18. The van der Waals surface area contributed by atoms with Crippen LogP contribution in [0.2, 0.25) is 0 Å². The lowest BCUT2D eigenvalue weighted by atomic mass is 9.93. The predicted octanol–water partition coefficient (Wildman–Crippen LogP) is 2.01. The van der Waals surface area contributed by atoms with E-state index in [-0.39, 0.29) is 5.41 Å². The molecule has 3 nitrogen and oxygen atoms in total. The molecular weight excluding hydrogens is 200 g/mol. The van der Waals surface area contributed by atoms with Crippen molar-refractivity contribution in [1.29, 1.82) is 0 Å². The van der Waals surface area contributed by atoms with Crippen LogP contribution in [0.15, 0.2) is 0 Å². The molecule has 0 spiro atoms. The Hall–Kier alpha value is -0.570. The van der Waals surface area contributed by atoms with E-state index in [1.807, 2.05) is 4.90 Å². The first kappa shape index (κ1) is 13.5. The highest BCUT2D eigenvalue weighted by atomic mass is 16.2. The first-order valence-electron chi connectivity index (χ1n) is 6.46. The Morgan fingerprint density at radius 2 is 2.06 bits per heavy atom. The Morgan fingerprint density at radius 3 is 2.50 bits per heavy atom. The van der Waals surface area contributed by atoms with Crippen molar-refractivity contribution in [3.05, 3.63) is 0 Å². The Bertz CT molecular complexity index is 234. The molecule has 1 aliphatic rings. The van der Waals surface area contributed by atoms with Crippen molar-refractivity contribution in [3.8, 4) is 0 Å². The zero-order chi connectivity index (χ0) is 12.2. The fourth-order valence-electron chi connectivity index (χ4n) is 1.84. The van der Waals surface area contributed by atoms with Crippen molar-refractivity contribution in [3.63, 3.8) is 0 Å². The van der Waals surface area contributed by atoms with E-state index in [1.54, 1.807) is 0 Å². The average Bonchev–Trinajstić information content (AvgIpc) is 3.01. The molecule has 0 bridgehead atoms. The number of hydrogen-bond acceptors (Lipinski definition) is 2. The summed E-state index contributed by atoms with van der Waals surface area (Å²) in [5.41, 5.74) is 5.76. The standard InChI is InChI=1S/C13H26N2O/c1-4-7-15(10-13(2,3)9-14)12(16)8-11-5-6-11/h11H,4-10,14H2,1-3H3. The third kappa shape index (κ3) is 4.52. The summed E-state index contributed by atoms with van der Waals surface area (Å²) in [5.74, 6) is 0.999. The second-order valence-electron chi connectivity index (χ2n) is 5.83. The summed E-state index contributed by atoms with van der Waals surface area (Å²) in [6, 6.07) is 0. The fourth-order valence-corrected chi connectivity index (χ4v) is 1.84. The van der Waals surface area contributed by atoms with Gasteiger partial charge in [-0.1, -0.05) is 20.8 Å². The van der Waals surface area contributed by atoms with Gasteiger partial charge in [0.15, 0.2) is 0 Å². The Balaban J connectivity index is 2.47. The van der Waals surface area contributed by atoms with E-state index in [2.05, 4.69) is 20.8 Å². The molecule has 1 amide bonds. The zero-order valence-electron chi connectivity index (χ0n) is 11.0. The van der Waals surface area contributed by atoms with Crippen LogP contribution in [0.3, 0.4) is 0 Å². The van der Waals surface area contributed by atoms with E-state index in [0.717, 1.165) is 25.9 Å². The summed E-state index contributed by atoms with van der Waals surface area (Å²) in [5, 5.41) is 0. The van der Waals surface area contributed by atoms with E-state index in [0.29, 0.717) is 18.4 Å². The molecule has 3 heteroatoms. The highest BCUT2D eigenvalue weighted by molar-refractivity contribution is 5.76. The number of carbonyl (C=O) groups is 1. The van der Waals surface area contributed by atoms with Gasteiger partial charge in [-0.25, -0.2) is 0 Å². The lowest BCUT2D eigenvalue weighted by Gasteiger charge is -2.31. The Morgan fingerprint density at radius 1 is 1.44 bits per heavy atom. The normalized spacial score (nSPS) is 16.2. The van der Waals surface area contributed by atoms with Crippen LogP contribution < -0.4 is 5.73 Å². The van der Waals surface area contributed by atoms with Gasteiger partial charge in [0.25, 0.3) is 0 Å². The molecule has 1 fully saturated rings. The van der Waals surface area contributed by atoms with Gasteiger partial charge in [0.1, 0.15) is 0 Å². The maximum atomic E-state index is 12.1. The molecule has 0 saturated heterocycles. The molecule has 94 valence electrons. The molecule has 2 N–H and O–H groups in total. The second-order valence-corrected chi connectivity index (χ2v) is 5.83. The molecule has 1 saturated carbocycles. The maximum Gasteiger partial charge on any atom is 0.222 e. The molecule has 0 unspecified atom stereocenters. The summed E-state index contributed by atoms with van der Waals surface area (Å²) < 4.78 is 0. The molecule has 0 heterocycles. The summed E-state index contributed by atoms with van der Waals surface area (Å²) in [4.78, 5) is 14.1. The molecule has 0 aromatic heterocycles. The van der Waals surface area contributed by atoms with Gasteiger partial charge in [0.05, 0.1) is 0 Å². The number of carbonyl (C=O) groups excluding carboxylic acids is 1. The molecule has 0 aromatic carbocycles. The van der Waals surface area contributed by atoms with Crippen LogP contribution in [0.25, 0.3) is 0 Å². The molecule has 0 aromatic rings. The van der Waals surface area contributed by atoms with Crippen LogP contribution in [0.1, 0.15) is 46.5 Å². The van der Waals surface area contributed by atoms with Crippen molar-refractivity contribution < 1.29 is 4.79 Å².